The van der Waals surface area contributed by atoms with Gasteiger partial charge in [0.2, 0.25) is 5.95 Å². The van der Waals surface area contributed by atoms with Crippen molar-refractivity contribution >= 4 is 17.5 Å². The van der Waals surface area contributed by atoms with Gasteiger partial charge in [0.15, 0.2) is 0 Å². The highest BCUT2D eigenvalue weighted by atomic mass is 16.1. The average molecular weight is 374 g/mol. The molecule has 5 nitrogen and oxygen atoms in total. The Morgan fingerprint density at radius 2 is 1.71 bits per heavy atom. The molecule has 0 aliphatic carbocycles. The summed E-state index contributed by atoms with van der Waals surface area (Å²) < 4.78 is 0. The zero-order valence-electron chi connectivity index (χ0n) is 16.8. The van der Waals surface area contributed by atoms with Gasteiger partial charge in [0.1, 0.15) is 0 Å². The van der Waals surface area contributed by atoms with Crippen molar-refractivity contribution in [1.82, 2.24) is 9.97 Å². The van der Waals surface area contributed by atoms with Gasteiger partial charge in [-0.1, -0.05) is 48.0 Å². The first-order valence-electron chi connectivity index (χ1n) is 9.45. The first kappa shape index (κ1) is 19.5. The number of hydrogen-bond acceptors (Lipinski definition) is 4. The molecule has 144 valence electrons. The summed E-state index contributed by atoms with van der Waals surface area (Å²) in [5, 5.41) is 2.93. The van der Waals surface area contributed by atoms with Gasteiger partial charge < -0.3 is 10.2 Å². The molecule has 3 aromatic rings. The highest BCUT2D eigenvalue weighted by Crippen LogP contribution is 2.18. The van der Waals surface area contributed by atoms with Crippen LogP contribution in [0.5, 0.6) is 0 Å². The normalized spacial score (nSPS) is 10.8. The van der Waals surface area contributed by atoms with E-state index in [2.05, 4.69) is 46.2 Å². The van der Waals surface area contributed by atoms with Crippen molar-refractivity contribution in [3.8, 4) is 0 Å². The third-order valence-electron chi connectivity index (χ3n) is 4.61. The van der Waals surface area contributed by atoms with E-state index in [1.807, 2.05) is 50.2 Å². The summed E-state index contributed by atoms with van der Waals surface area (Å²) >= 11 is 0. The molecule has 2 aromatic carbocycles. The maximum Gasteiger partial charge on any atom is 0.258 e. The fourth-order valence-electron chi connectivity index (χ4n) is 3.00. The largest absolute Gasteiger partial charge is 0.334 e. The molecule has 0 aliphatic heterocycles. The van der Waals surface area contributed by atoms with Crippen LogP contribution in [0.1, 0.15) is 40.9 Å². The summed E-state index contributed by atoms with van der Waals surface area (Å²) in [6.07, 6.45) is 3.17. The van der Waals surface area contributed by atoms with Crippen molar-refractivity contribution in [3.05, 3.63) is 83.2 Å². The standard InChI is InChI=1S/C23H26N4O/c1-16(2)27(15-19-8-6-5-7-9-19)23-24-13-20(14-25-23)22(28)26-21-11-10-17(3)12-18(21)4/h5-14,16H,15H2,1-4H3,(H,26,28). The lowest BCUT2D eigenvalue weighted by Crippen LogP contribution is -2.31. The third-order valence-corrected chi connectivity index (χ3v) is 4.61. The third kappa shape index (κ3) is 4.74. The van der Waals surface area contributed by atoms with E-state index in [9.17, 15) is 4.79 Å². The van der Waals surface area contributed by atoms with Gasteiger partial charge in [0, 0.05) is 30.7 Å². The second-order valence-corrected chi connectivity index (χ2v) is 7.25. The number of benzene rings is 2. The molecule has 1 aromatic heterocycles. The Kier molecular flexibility index (Phi) is 6.04. The van der Waals surface area contributed by atoms with E-state index in [4.69, 9.17) is 0 Å². The number of nitrogens with one attached hydrogen (secondary N) is 1. The summed E-state index contributed by atoms with van der Waals surface area (Å²) in [6.45, 7) is 8.93. The molecule has 0 bridgehead atoms. The van der Waals surface area contributed by atoms with Crippen molar-refractivity contribution in [3.63, 3.8) is 0 Å². The Morgan fingerprint density at radius 1 is 1.04 bits per heavy atom. The van der Waals surface area contributed by atoms with E-state index in [1.54, 1.807) is 12.4 Å². The van der Waals surface area contributed by atoms with Gasteiger partial charge in [-0.05, 0) is 44.9 Å². The number of amides is 1. The van der Waals surface area contributed by atoms with Crippen molar-refractivity contribution in [2.45, 2.75) is 40.3 Å². The quantitative estimate of drug-likeness (QED) is 0.676. The summed E-state index contributed by atoms with van der Waals surface area (Å²) in [5.74, 6) is 0.402. The molecule has 1 amide bonds. The minimum Gasteiger partial charge on any atom is -0.334 e. The van der Waals surface area contributed by atoms with Gasteiger partial charge in [-0.2, -0.15) is 0 Å². The molecule has 0 radical (unpaired) electrons. The second kappa shape index (κ2) is 8.65. The molecule has 0 spiro atoms. The average Bonchev–Trinajstić information content (AvgIpc) is 2.69. The summed E-state index contributed by atoms with van der Waals surface area (Å²) in [7, 11) is 0. The van der Waals surface area contributed by atoms with Crippen molar-refractivity contribution < 1.29 is 4.79 Å². The van der Waals surface area contributed by atoms with Gasteiger partial charge in [-0.15, -0.1) is 0 Å². The molecule has 28 heavy (non-hydrogen) atoms. The van der Waals surface area contributed by atoms with Gasteiger partial charge in [-0.25, -0.2) is 9.97 Å². The molecule has 5 heteroatoms. The van der Waals surface area contributed by atoms with Crippen LogP contribution >= 0.6 is 0 Å². The molecule has 0 fully saturated rings. The SMILES string of the molecule is Cc1ccc(NC(=O)c2cnc(N(Cc3ccccc3)C(C)C)nc2)c(C)c1. The zero-order chi connectivity index (χ0) is 20.1. The van der Waals surface area contributed by atoms with Crippen molar-refractivity contribution in [2.24, 2.45) is 0 Å². The molecule has 1 heterocycles. The number of anilines is 2. The first-order valence-corrected chi connectivity index (χ1v) is 9.45. The number of aryl methyl sites for hydroxylation is 2. The van der Waals surface area contributed by atoms with Gasteiger partial charge >= 0.3 is 0 Å². The van der Waals surface area contributed by atoms with E-state index in [1.165, 1.54) is 5.56 Å². The van der Waals surface area contributed by atoms with Crippen LogP contribution in [0.2, 0.25) is 0 Å². The fraction of sp³-hybridized carbons (Fsp3) is 0.261. The minimum absolute atomic E-state index is 0.211. The lowest BCUT2D eigenvalue weighted by atomic mass is 10.1. The van der Waals surface area contributed by atoms with Crippen molar-refractivity contribution in [1.29, 1.82) is 0 Å². The number of carbonyl (C=O) groups excluding carboxylic acids is 1. The van der Waals surface area contributed by atoms with Crippen LogP contribution in [0.4, 0.5) is 11.6 Å². The van der Waals surface area contributed by atoms with Gasteiger partial charge in [0.05, 0.1) is 5.56 Å². The summed E-state index contributed by atoms with van der Waals surface area (Å²) in [5.41, 5.74) is 4.62. The van der Waals surface area contributed by atoms with Crippen LogP contribution in [-0.2, 0) is 6.54 Å². The highest BCUT2D eigenvalue weighted by Gasteiger charge is 2.16. The number of hydrogen-bond donors (Lipinski definition) is 1. The smallest absolute Gasteiger partial charge is 0.258 e. The molecule has 3 rings (SSSR count). The first-order chi connectivity index (χ1) is 13.4. The predicted molar refractivity (Wildman–Crippen MR) is 114 cm³/mol. The van der Waals surface area contributed by atoms with E-state index in [0.29, 0.717) is 18.1 Å². The molecule has 0 unspecified atom stereocenters. The van der Waals surface area contributed by atoms with E-state index >= 15 is 0 Å². The number of carbonyl (C=O) groups is 1. The lowest BCUT2D eigenvalue weighted by Gasteiger charge is -2.26. The highest BCUT2D eigenvalue weighted by molar-refractivity contribution is 6.04. The van der Waals surface area contributed by atoms with Crippen LogP contribution in [0.25, 0.3) is 0 Å². The maximum atomic E-state index is 12.6. The molecular weight excluding hydrogens is 348 g/mol. The lowest BCUT2D eigenvalue weighted by molar-refractivity contribution is 0.102. The Labute approximate surface area is 166 Å². The zero-order valence-corrected chi connectivity index (χ0v) is 16.8. The summed E-state index contributed by atoms with van der Waals surface area (Å²) in [6, 6.07) is 16.4. The number of rotatable bonds is 6. The molecular formula is C23H26N4O. The van der Waals surface area contributed by atoms with E-state index in [-0.39, 0.29) is 11.9 Å². The van der Waals surface area contributed by atoms with Crippen LogP contribution in [-0.4, -0.2) is 21.9 Å². The van der Waals surface area contributed by atoms with E-state index in [0.717, 1.165) is 16.8 Å². The number of aromatic nitrogens is 2. The number of nitrogens with zero attached hydrogens (tertiary/aromatic N) is 3. The minimum atomic E-state index is -0.211. The Hall–Kier alpha value is -3.21. The van der Waals surface area contributed by atoms with Gasteiger partial charge in [0.25, 0.3) is 5.91 Å². The summed E-state index contributed by atoms with van der Waals surface area (Å²) in [4.78, 5) is 23.6. The molecule has 1 N–H and O–H groups in total. The Morgan fingerprint density at radius 3 is 2.32 bits per heavy atom. The molecule has 0 saturated heterocycles. The van der Waals surface area contributed by atoms with Gasteiger partial charge in [-0.3, -0.25) is 4.79 Å². The fourth-order valence-corrected chi connectivity index (χ4v) is 3.00. The van der Waals surface area contributed by atoms with Crippen LogP contribution in [0.3, 0.4) is 0 Å². The molecule has 0 aliphatic rings. The Bertz CT molecular complexity index is 937. The van der Waals surface area contributed by atoms with Crippen molar-refractivity contribution in [2.75, 3.05) is 10.2 Å². The topological polar surface area (TPSA) is 58.1 Å². The Balaban J connectivity index is 1.74. The molecule has 0 atom stereocenters. The maximum absolute atomic E-state index is 12.6. The van der Waals surface area contributed by atoms with E-state index < -0.39 is 0 Å². The molecule has 0 saturated carbocycles. The van der Waals surface area contributed by atoms with Crippen LogP contribution in [0, 0.1) is 13.8 Å². The second-order valence-electron chi connectivity index (χ2n) is 7.25. The monoisotopic (exact) mass is 374 g/mol. The van der Waals surface area contributed by atoms with Crippen LogP contribution in [0.15, 0.2) is 60.9 Å². The van der Waals surface area contributed by atoms with Crippen LogP contribution < -0.4 is 10.2 Å². The predicted octanol–water partition coefficient (Wildman–Crippen LogP) is 4.76.